The van der Waals surface area contributed by atoms with Crippen molar-refractivity contribution < 1.29 is 4.74 Å². The van der Waals surface area contributed by atoms with Gasteiger partial charge in [-0.3, -0.25) is 4.68 Å². The van der Waals surface area contributed by atoms with Crippen LogP contribution in [0.4, 0.5) is 5.82 Å². The Bertz CT molecular complexity index is 283. The van der Waals surface area contributed by atoms with Crippen molar-refractivity contribution >= 4 is 5.82 Å². The molecule has 0 spiro atoms. The lowest BCUT2D eigenvalue weighted by molar-refractivity contribution is 0.0162. The molecule has 2 rings (SSSR count). The Morgan fingerprint density at radius 3 is 3.07 bits per heavy atom. The largest absolute Gasteiger partial charge is 0.384 e. The number of rotatable bonds is 2. The predicted octanol–water partition coefficient (Wildman–Crippen LogP) is 1.11. The Balaban J connectivity index is 1.95. The fourth-order valence-electron chi connectivity index (χ4n) is 1.84. The molecule has 0 bridgehead atoms. The third kappa shape index (κ3) is 2.07. The van der Waals surface area contributed by atoms with Crippen molar-refractivity contribution in [1.29, 1.82) is 0 Å². The molecule has 0 aliphatic carbocycles. The molecule has 4 nitrogen and oxygen atoms in total. The third-order valence-electron chi connectivity index (χ3n) is 2.68. The highest BCUT2D eigenvalue weighted by Gasteiger charge is 2.16. The molecular formula is C10H17N3O. The maximum absolute atomic E-state index is 5.71. The summed E-state index contributed by atoms with van der Waals surface area (Å²) in [5.74, 6) is 0.718. The number of hydrogen-bond donors (Lipinski definition) is 1. The number of nitrogens with two attached hydrogens (primary N) is 1. The molecule has 0 radical (unpaired) electrons. The van der Waals surface area contributed by atoms with Gasteiger partial charge in [0.25, 0.3) is 0 Å². The molecule has 2 heterocycles. The van der Waals surface area contributed by atoms with Crippen LogP contribution in [0.3, 0.4) is 0 Å². The lowest BCUT2D eigenvalue weighted by atomic mass is 10.1. The lowest BCUT2D eigenvalue weighted by Crippen LogP contribution is -2.21. The smallest absolute Gasteiger partial charge is 0.121 e. The van der Waals surface area contributed by atoms with E-state index in [1.165, 1.54) is 12.8 Å². The van der Waals surface area contributed by atoms with Crippen molar-refractivity contribution in [3.63, 3.8) is 0 Å². The van der Waals surface area contributed by atoms with Gasteiger partial charge < -0.3 is 10.5 Å². The molecule has 14 heavy (non-hydrogen) atoms. The molecule has 1 fully saturated rings. The van der Waals surface area contributed by atoms with Crippen LogP contribution in [0.15, 0.2) is 6.07 Å². The molecule has 2 N–H and O–H groups in total. The van der Waals surface area contributed by atoms with Crippen LogP contribution in [-0.2, 0) is 18.2 Å². The number of nitrogen functional groups attached to an aromatic ring is 1. The molecule has 1 unspecified atom stereocenters. The quantitative estimate of drug-likeness (QED) is 0.769. The standard InChI is InChI=1S/C10H17N3O/c1-13-10(11)7-8(12-13)6-9-4-2-3-5-14-9/h7,9H,2-6,11H2,1H3. The van der Waals surface area contributed by atoms with Gasteiger partial charge in [-0.2, -0.15) is 5.10 Å². The summed E-state index contributed by atoms with van der Waals surface area (Å²) in [6.07, 6.45) is 4.85. The van der Waals surface area contributed by atoms with Crippen LogP contribution < -0.4 is 5.73 Å². The van der Waals surface area contributed by atoms with Crippen LogP contribution in [0.5, 0.6) is 0 Å². The van der Waals surface area contributed by atoms with Gasteiger partial charge in [0.2, 0.25) is 0 Å². The first-order valence-corrected chi connectivity index (χ1v) is 5.15. The molecule has 0 amide bonds. The fraction of sp³-hybridized carbons (Fsp3) is 0.700. The van der Waals surface area contributed by atoms with Gasteiger partial charge >= 0.3 is 0 Å². The van der Waals surface area contributed by atoms with Crippen LogP contribution in [-0.4, -0.2) is 22.5 Å². The van der Waals surface area contributed by atoms with Crippen molar-refractivity contribution in [2.24, 2.45) is 7.05 Å². The predicted molar refractivity (Wildman–Crippen MR) is 54.9 cm³/mol. The van der Waals surface area contributed by atoms with Crippen molar-refractivity contribution in [1.82, 2.24) is 9.78 Å². The second kappa shape index (κ2) is 4.00. The molecule has 0 saturated carbocycles. The average molecular weight is 195 g/mol. The van der Waals surface area contributed by atoms with E-state index in [2.05, 4.69) is 5.10 Å². The number of aryl methyl sites for hydroxylation is 1. The molecular weight excluding hydrogens is 178 g/mol. The molecule has 78 valence electrons. The first-order chi connectivity index (χ1) is 6.75. The number of hydrogen-bond acceptors (Lipinski definition) is 3. The zero-order valence-corrected chi connectivity index (χ0v) is 8.57. The first-order valence-electron chi connectivity index (χ1n) is 5.15. The summed E-state index contributed by atoms with van der Waals surface area (Å²) >= 11 is 0. The Morgan fingerprint density at radius 2 is 2.50 bits per heavy atom. The zero-order chi connectivity index (χ0) is 9.97. The van der Waals surface area contributed by atoms with E-state index in [0.717, 1.165) is 31.0 Å². The minimum Gasteiger partial charge on any atom is -0.384 e. The van der Waals surface area contributed by atoms with E-state index in [-0.39, 0.29) is 0 Å². The summed E-state index contributed by atoms with van der Waals surface area (Å²) < 4.78 is 7.35. The van der Waals surface area contributed by atoms with Crippen LogP contribution in [0.25, 0.3) is 0 Å². The van der Waals surface area contributed by atoms with Gasteiger partial charge in [-0.05, 0) is 19.3 Å². The summed E-state index contributed by atoms with van der Waals surface area (Å²) in [5.41, 5.74) is 6.74. The van der Waals surface area contributed by atoms with Crippen LogP contribution in [0.2, 0.25) is 0 Å². The van der Waals surface area contributed by atoms with E-state index < -0.39 is 0 Å². The van der Waals surface area contributed by atoms with Gasteiger partial charge in [0.1, 0.15) is 5.82 Å². The van der Waals surface area contributed by atoms with Crippen molar-refractivity contribution in [3.05, 3.63) is 11.8 Å². The van der Waals surface area contributed by atoms with E-state index in [4.69, 9.17) is 10.5 Å². The molecule has 1 aliphatic heterocycles. The van der Waals surface area contributed by atoms with Gasteiger partial charge in [0.15, 0.2) is 0 Å². The monoisotopic (exact) mass is 195 g/mol. The van der Waals surface area contributed by atoms with Crippen molar-refractivity contribution in [2.75, 3.05) is 12.3 Å². The number of nitrogens with zero attached hydrogens (tertiary/aromatic N) is 2. The molecule has 1 aromatic heterocycles. The maximum Gasteiger partial charge on any atom is 0.121 e. The van der Waals surface area contributed by atoms with Crippen LogP contribution >= 0.6 is 0 Å². The van der Waals surface area contributed by atoms with E-state index in [1.807, 2.05) is 13.1 Å². The lowest BCUT2D eigenvalue weighted by Gasteiger charge is -2.21. The molecule has 1 saturated heterocycles. The SMILES string of the molecule is Cn1nc(CC2CCCCO2)cc1N. The summed E-state index contributed by atoms with van der Waals surface area (Å²) in [6, 6.07) is 1.93. The second-order valence-corrected chi connectivity index (χ2v) is 3.88. The van der Waals surface area contributed by atoms with Crippen molar-refractivity contribution in [3.8, 4) is 0 Å². The normalized spacial score (nSPS) is 22.5. The highest BCUT2D eigenvalue weighted by Crippen LogP contribution is 2.17. The Kier molecular flexibility index (Phi) is 2.72. The van der Waals surface area contributed by atoms with E-state index >= 15 is 0 Å². The molecule has 0 aromatic carbocycles. The van der Waals surface area contributed by atoms with E-state index in [0.29, 0.717) is 6.10 Å². The Hall–Kier alpha value is -1.03. The molecule has 1 aromatic rings. The molecule has 4 heteroatoms. The number of ether oxygens (including phenoxy) is 1. The summed E-state index contributed by atoms with van der Waals surface area (Å²) in [4.78, 5) is 0. The second-order valence-electron chi connectivity index (χ2n) is 3.88. The molecule has 1 aliphatic rings. The molecule has 1 atom stereocenters. The van der Waals surface area contributed by atoms with Crippen molar-refractivity contribution in [2.45, 2.75) is 31.8 Å². The minimum atomic E-state index is 0.345. The zero-order valence-electron chi connectivity index (χ0n) is 8.57. The number of aromatic nitrogens is 2. The van der Waals surface area contributed by atoms with Crippen LogP contribution in [0, 0.1) is 0 Å². The summed E-state index contributed by atoms with van der Waals surface area (Å²) in [5, 5.41) is 4.32. The fourth-order valence-corrected chi connectivity index (χ4v) is 1.84. The van der Waals surface area contributed by atoms with Gasteiger partial charge in [-0.15, -0.1) is 0 Å². The van der Waals surface area contributed by atoms with E-state index in [1.54, 1.807) is 4.68 Å². The Labute approximate surface area is 84.0 Å². The highest BCUT2D eigenvalue weighted by atomic mass is 16.5. The minimum absolute atomic E-state index is 0.345. The first kappa shape index (κ1) is 9.52. The topological polar surface area (TPSA) is 53.1 Å². The van der Waals surface area contributed by atoms with Crippen LogP contribution in [0.1, 0.15) is 25.0 Å². The third-order valence-corrected chi connectivity index (χ3v) is 2.68. The maximum atomic E-state index is 5.71. The van der Waals surface area contributed by atoms with Gasteiger partial charge in [-0.25, -0.2) is 0 Å². The average Bonchev–Trinajstić information content (AvgIpc) is 2.47. The highest BCUT2D eigenvalue weighted by molar-refractivity contribution is 5.30. The van der Waals surface area contributed by atoms with Gasteiger partial charge in [0.05, 0.1) is 11.8 Å². The summed E-state index contributed by atoms with van der Waals surface area (Å²) in [7, 11) is 1.86. The summed E-state index contributed by atoms with van der Waals surface area (Å²) in [6.45, 7) is 0.896. The van der Waals surface area contributed by atoms with Gasteiger partial charge in [0, 0.05) is 26.1 Å². The van der Waals surface area contributed by atoms with Gasteiger partial charge in [-0.1, -0.05) is 0 Å². The Morgan fingerprint density at radius 1 is 1.64 bits per heavy atom. The number of anilines is 1. The van der Waals surface area contributed by atoms with E-state index in [9.17, 15) is 0 Å².